The van der Waals surface area contributed by atoms with Crippen LogP contribution in [0.25, 0.3) is 0 Å². The third-order valence-corrected chi connectivity index (χ3v) is 8.27. The van der Waals surface area contributed by atoms with E-state index in [1.165, 1.54) is 76.3 Å². The molecule has 0 unspecified atom stereocenters. The van der Waals surface area contributed by atoms with E-state index < -0.39 is 17.5 Å². The molecule has 3 fully saturated rings. The van der Waals surface area contributed by atoms with Gasteiger partial charge in [0.15, 0.2) is 17.5 Å². The van der Waals surface area contributed by atoms with Gasteiger partial charge in [0.05, 0.1) is 0 Å². The first kappa shape index (κ1) is 20.3. The Bertz CT molecular complexity index is 610. The molecule has 3 aliphatic carbocycles. The minimum atomic E-state index is -1.35. The second kappa shape index (κ2) is 9.22. The van der Waals surface area contributed by atoms with Crippen molar-refractivity contribution in [2.45, 2.75) is 95.8 Å². The molecule has 0 saturated heterocycles. The van der Waals surface area contributed by atoms with Crippen LogP contribution in [-0.2, 0) is 0 Å². The minimum Gasteiger partial charge on any atom is -0.204 e. The summed E-state index contributed by atoms with van der Waals surface area (Å²) in [7, 11) is 0. The monoisotopic (exact) mass is 392 g/mol. The smallest absolute Gasteiger partial charge is 0.194 e. The molecule has 1 aromatic rings. The van der Waals surface area contributed by atoms with Gasteiger partial charge in [0.1, 0.15) is 0 Å². The maximum absolute atomic E-state index is 13.5. The average Bonchev–Trinajstić information content (AvgIpc) is 3.24. The van der Waals surface area contributed by atoms with Gasteiger partial charge < -0.3 is 0 Å². The van der Waals surface area contributed by atoms with Crippen LogP contribution < -0.4 is 0 Å². The summed E-state index contributed by atoms with van der Waals surface area (Å²) in [5.41, 5.74) is 0.644. The second-order valence-corrected chi connectivity index (χ2v) is 9.92. The van der Waals surface area contributed by atoms with E-state index in [0.29, 0.717) is 5.56 Å². The maximum atomic E-state index is 13.5. The lowest BCUT2D eigenvalue weighted by Gasteiger charge is -2.38. The Morgan fingerprint density at radius 2 is 1.07 bits per heavy atom. The predicted molar refractivity (Wildman–Crippen MR) is 108 cm³/mol. The molecular formula is C25H35F3. The van der Waals surface area contributed by atoms with Gasteiger partial charge in [-0.15, -0.1) is 0 Å². The highest BCUT2D eigenvalue weighted by Crippen LogP contribution is 2.45. The van der Waals surface area contributed by atoms with Crippen LogP contribution in [0.3, 0.4) is 0 Å². The normalized spacial score (nSPS) is 32.0. The maximum Gasteiger partial charge on any atom is 0.194 e. The highest BCUT2D eigenvalue weighted by molar-refractivity contribution is 5.23. The highest BCUT2D eigenvalue weighted by Gasteiger charge is 2.32. The molecule has 1 aromatic carbocycles. The molecule has 0 radical (unpaired) electrons. The topological polar surface area (TPSA) is 0 Å². The van der Waals surface area contributed by atoms with E-state index in [1.54, 1.807) is 0 Å². The van der Waals surface area contributed by atoms with E-state index >= 15 is 0 Å². The molecule has 0 N–H and O–H groups in total. The summed E-state index contributed by atoms with van der Waals surface area (Å²) < 4.78 is 40.3. The molecule has 156 valence electrons. The Hall–Kier alpha value is -0.990. The Labute approximate surface area is 168 Å². The molecule has 0 atom stereocenters. The molecule has 0 aliphatic heterocycles. The Kier molecular flexibility index (Phi) is 6.68. The van der Waals surface area contributed by atoms with Crippen molar-refractivity contribution in [3.8, 4) is 0 Å². The van der Waals surface area contributed by atoms with Gasteiger partial charge in [0.2, 0.25) is 0 Å². The zero-order valence-corrected chi connectivity index (χ0v) is 17.1. The van der Waals surface area contributed by atoms with Crippen molar-refractivity contribution in [3.05, 3.63) is 35.1 Å². The van der Waals surface area contributed by atoms with Gasteiger partial charge in [-0.2, -0.15) is 0 Å². The molecule has 0 heterocycles. The third-order valence-electron chi connectivity index (χ3n) is 8.27. The van der Waals surface area contributed by atoms with Crippen LogP contribution in [0, 0.1) is 41.1 Å². The summed E-state index contributed by atoms with van der Waals surface area (Å²) in [5, 5.41) is 0. The molecular weight excluding hydrogens is 357 g/mol. The molecule has 3 saturated carbocycles. The van der Waals surface area contributed by atoms with Gasteiger partial charge in [-0.3, -0.25) is 0 Å². The van der Waals surface area contributed by atoms with E-state index in [1.807, 2.05) is 0 Å². The molecule has 0 amide bonds. The molecule has 0 bridgehead atoms. The van der Waals surface area contributed by atoms with Crippen LogP contribution in [0.15, 0.2) is 12.1 Å². The second-order valence-electron chi connectivity index (χ2n) is 9.92. The van der Waals surface area contributed by atoms with Crippen LogP contribution in [0.5, 0.6) is 0 Å². The van der Waals surface area contributed by atoms with E-state index in [2.05, 4.69) is 0 Å². The van der Waals surface area contributed by atoms with E-state index in [0.717, 1.165) is 49.4 Å². The van der Waals surface area contributed by atoms with Crippen molar-refractivity contribution in [1.82, 2.24) is 0 Å². The number of benzene rings is 1. The lowest BCUT2D eigenvalue weighted by atomic mass is 9.68. The highest BCUT2D eigenvalue weighted by atomic mass is 19.2. The summed E-state index contributed by atoms with van der Waals surface area (Å²) >= 11 is 0. The van der Waals surface area contributed by atoms with Crippen molar-refractivity contribution in [2.75, 3.05) is 0 Å². The standard InChI is InChI=1S/C25H35F3/c26-23-15-22(16-24(27)25(23)28)21-13-11-20(12-14-21)19-9-7-18(8-10-19)6-5-17-3-1-2-4-17/h15-21H,1-14H2/t18-,19-,20-,21-. The lowest BCUT2D eigenvalue weighted by molar-refractivity contribution is 0.153. The number of hydrogen-bond acceptors (Lipinski definition) is 0. The largest absolute Gasteiger partial charge is 0.204 e. The van der Waals surface area contributed by atoms with Crippen molar-refractivity contribution in [3.63, 3.8) is 0 Å². The van der Waals surface area contributed by atoms with Crippen LogP contribution in [0.4, 0.5) is 13.2 Å². The predicted octanol–water partition coefficient (Wildman–Crippen LogP) is 8.15. The zero-order chi connectivity index (χ0) is 19.5. The number of halogens is 3. The van der Waals surface area contributed by atoms with Crippen molar-refractivity contribution >= 4 is 0 Å². The average molecular weight is 393 g/mol. The van der Waals surface area contributed by atoms with Crippen LogP contribution in [-0.4, -0.2) is 0 Å². The summed E-state index contributed by atoms with van der Waals surface area (Å²) in [6.45, 7) is 0. The van der Waals surface area contributed by atoms with E-state index in [9.17, 15) is 13.2 Å². The first-order valence-corrected chi connectivity index (χ1v) is 11.7. The summed E-state index contributed by atoms with van der Waals surface area (Å²) in [6, 6.07) is 2.41. The Morgan fingerprint density at radius 3 is 1.61 bits per heavy atom. The van der Waals surface area contributed by atoms with Gasteiger partial charge in [0.25, 0.3) is 0 Å². The first-order valence-electron chi connectivity index (χ1n) is 11.7. The summed E-state index contributed by atoms with van der Waals surface area (Å²) in [4.78, 5) is 0. The quantitative estimate of drug-likeness (QED) is 0.443. The fourth-order valence-corrected chi connectivity index (χ4v) is 6.45. The Morgan fingerprint density at radius 1 is 0.607 bits per heavy atom. The molecule has 4 rings (SSSR count). The van der Waals surface area contributed by atoms with Crippen molar-refractivity contribution in [2.24, 2.45) is 23.7 Å². The van der Waals surface area contributed by atoms with Gasteiger partial charge in [-0.25, -0.2) is 13.2 Å². The minimum absolute atomic E-state index is 0.184. The van der Waals surface area contributed by atoms with Crippen LogP contribution >= 0.6 is 0 Å². The molecule has 0 aromatic heterocycles. The summed E-state index contributed by atoms with van der Waals surface area (Å²) in [6.07, 6.45) is 18.6. The molecule has 0 nitrogen and oxygen atoms in total. The van der Waals surface area contributed by atoms with Gasteiger partial charge in [-0.1, -0.05) is 51.4 Å². The fourth-order valence-electron chi connectivity index (χ4n) is 6.45. The molecule has 0 spiro atoms. The van der Waals surface area contributed by atoms with E-state index in [-0.39, 0.29) is 5.92 Å². The number of hydrogen-bond donors (Lipinski definition) is 0. The zero-order valence-electron chi connectivity index (χ0n) is 17.1. The molecule has 28 heavy (non-hydrogen) atoms. The molecule has 3 aliphatic rings. The van der Waals surface area contributed by atoms with E-state index in [4.69, 9.17) is 0 Å². The van der Waals surface area contributed by atoms with Crippen molar-refractivity contribution in [1.29, 1.82) is 0 Å². The van der Waals surface area contributed by atoms with Crippen molar-refractivity contribution < 1.29 is 13.2 Å². The SMILES string of the molecule is Fc1cc([C@H]2CC[C@H]([C@H]3CC[C@H](CCC4CCCC4)CC3)CC2)cc(F)c1F. The van der Waals surface area contributed by atoms with Crippen LogP contribution in [0.2, 0.25) is 0 Å². The Balaban J connectivity index is 1.21. The third kappa shape index (κ3) is 4.76. The van der Waals surface area contributed by atoms with Crippen LogP contribution in [0.1, 0.15) is 101 Å². The lowest BCUT2D eigenvalue weighted by Crippen LogP contribution is -2.25. The fraction of sp³-hybridized carbons (Fsp3) is 0.760. The molecule has 3 heteroatoms. The van der Waals surface area contributed by atoms with Gasteiger partial charge in [-0.05, 0) is 85.8 Å². The van der Waals surface area contributed by atoms with Gasteiger partial charge >= 0.3 is 0 Å². The van der Waals surface area contributed by atoms with Gasteiger partial charge in [0, 0.05) is 0 Å². The first-order chi connectivity index (χ1) is 13.6. The number of rotatable bonds is 5. The summed E-state index contributed by atoms with van der Waals surface area (Å²) in [5.74, 6) is 0.354.